The van der Waals surface area contributed by atoms with Crippen molar-refractivity contribution >= 4 is 65.3 Å². The predicted octanol–water partition coefficient (Wildman–Crippen LogP) is 4.88. The van der Waals surface area contributed by atoms with Crippen LogP contribution in [0.4, 0.5) is 5.69 Å². The average Bonchev–Trinajstić information content (AvgIpc) is 3.29. The lowest BCUT2D eigenvalue weighted by Gasteiger charge is -2.20. The van der Waals surface area contributed by atoms with E-state index in [1.54, 1.807) is 23.1 Å². The van der Waals surface area contributed by atoms with E-state index in [9.17, 15) is 25.9 Å². The summed E-state index contributed by atoms with van der Waals surface area (Å²) in [4.78, 5) is 3.16. The van der Waals surface area contributed by atoms with E-state index in [1.165, 1.54) is 0 Å². The van der Waals surface area contributed by atoms with Crippen LogP contribution in [0.3, 0.4) is 0 Å². The zero-order chi connectivity index (χ0) is 27.7. The Bertz CT molecular complexity index is 1640. The molecule has 0 unspecified atom stereocenters. The maximum atomic E-state index is 11.3. The number of rotatable bonds is 10. The van der Waals surface area contributed by atoms with Gasteiger partial charge in [0.05, 0.1) is 26.6 Å². The number of hydrogen-bond donors (Lipinski definition) is 1. The van der Waals surface area contributed by atoms with Crippen LogP contribution in [0.15, 0.2) is 58.0 Å². The molecule has 4 rings (SSSR count). The predicted molar refractivity (Wildman–Crippen MR) is 153 cm³/mol. The minimum atomic E-state index is -4.29. The van der Waals surface area contributed by atoms with Crippen molar-refractivity contribution in [1.82, 2.24) is 0 Å². The van der Waals surface area contributed by atoms with E-state index < -0.39 is 26.0 Å². The molecule has 0 bridgehead atoms. The first kappa shape index (κ1) is 28.8. The molecule has 0 spiro atoms. The normalized spacial score (nSPS) is 15.6. The molecule has 0 saturated carbocycles. The third-order valence-electron chi connectivity index (χ3n) is 6.03. The monoisotopic (exact) mass is 594 g/mol. The number of nitrogens with zero attached hydrogens (tertiary/aromatic N) is 2. The van der Waals surface area contributed by atoms with E-state index in [0.29, 0.717) is 13.1 Å². The summed E-state index contributed by atoms with van der Waals surface area (Å²) in [7, 11) is -8.33. The first-order valence-electron chi connectivity index (χ1n) is 12.1. The van der Waals surface area contributed by atoms with Gasteiger partial charge in [0.1, 0.15) is 4.70 Å². The summed E-state index contributed by atoms with van der Waals surface area (Å²) in [5.74, 6) is -0.722. The molecule has 204 valence electrons. The number of thioether (sulfide) groups is 1. The smallest absolute Gasteiger partial charge is 0.264 e. The molecule has 0 radical (unpaired) electrons. The Morgan fingerprint density at radius 1 is 1.05 bits per heavy atom. The summed E-state index contributed by atoms with van der Waals surface area (Å²) >= 11 is 3.21. The molecule has 12 heteroatoms. The lowest BCUT2D eigenvalue weighted by atomic mass is 10.2. The summed E-state index contributed by atoms with van der Waals surface area (Å²) in [5, 5.41) is 1.90. The highest BCUT2D eigenvalue weighted by molar-refractivity contribution is 8.03. The van der Waals surface area contributed by atoms with Crippen molar-refractivity contribution in [3.8, 4) is 0 Å². The van der Waals surface area contributed by atoms with E-state index in [-0.39, 0.29) is 18.6 Å². The fourth-order valence-corrected chi connectivity index (χ4v) is 7.67. The third kappa shape index (κ3) is 7.45. The molecule has 0 saturated heterocycles. The fraction of sp³-hybridized carbons (Fsp3) is 0.346. The van der Waals surface area contributed by atoms with Crippen LogP contribution in [0.5, 0.6) is 0 Å². The van der Waals surface area contributed by atoms with E-state index in [0.717, 1.165) is 47.5 Å². The molecular weight excluding hydrogens is 565 g/mol. The topological polar surface area (TPSA) is 119 Å². The van der Waals surface area contributed by atoms with Crippen LogP contribution in [0.2, 0.25) is 0 Å². The first-order chi connectivity index (χ1) is 17.8. The molecule has 1 aliphatic rings. The van der Waals surface area contributed by atoms with Crippen LogP contribution < -0.4 is 9.47 Å². The van der Waals surface area contributed by atoms with Gasteiger partial charge in [-0.1, -0.05) is 35.2 Å². The minimum absolute atomic E-state index is 0.226. The van der Waals surface area contributed by atoms with Gasteiger partial charge in [0.2, 0.25) is 5.52 Å². The average molecular weight is 595 g/mol. The molecule has 3 aromatic rings. The van der Waals surface area contributed by atoms with Gasteiger partial charge < -0.3 is 9.45 Å². The van der Waals surface area contributed by atoms with Gasteiger partial charge in [-0.05, 0) is 68.2 Å². The Labute approximate surface area is 232 Å². The highest BCUT2D eigenvalue weighted by Gasteiger charge is 2.26. The standard InChI is InChI=1S/C26H30N2O6S4/c1-18-6-8-23-21(14-18)27(10-4-12-37(29,30)31)25(35-23)16-20(3)17-26-28(11-5-13-38(32,33)34)22-15-19(2)7-9-24(22)36-26/h6-9,14-17H,4-5,10-13H2,1-3H3,(H-,29,30,31,32,33,34). The Hall–Kier alpha value is -2.22. The molecule has 1 aromatic heterocycles. The van der Waals surface area contributed by atoms with Crippen LogP contribution in [0.1, 0.15) is 35.9 Å². The Kier molecular flexibility index (Phi) is 8.70. The lowest BCUT2D eigenvalue weighted by molar-refractivity contribution is -0.668. The largest absolute Gasteiger partial charge is 0.748 e. The zero-order valence-corrected chi connectivity index (χ0v) is 24.6. The van der Waals surface area contributed by atoms with Crippen LogP contribution in [0, 0.1) is 13.8 Å². The second-order valence-electron chi connectivity index (χ2n) is 9.41. The number of aromatic nitrogens is 1. The van der Waals surface area contributed by atoms with E-state index in [2.05, 4.69) is 33.7 Å². The van der Waals surface area contributed by atoms with Crippen molar-refractivity contribution in [1.29, 1.82) is 0 Å². The minimum Gasteiger partial charge on any atom is -0.748 e. The summed E-state index contributed by atoms with van der Waals surface area (Å²) < 4.78 is 68.4. The van der Waals surface area contributed by atoms with Crippen molar-refractivity contribution in [2.45, 2.75) is 45.1 Å². The lowest BCUT2D eigenvalue weighted by Crippen LogP contribution is -2.36. The third-order valence-corrected chi connectivity index (χ3v) is 9.85. The Balaban J connectivity index is 1.67. The zero-order valence-electron chi connectivity index (χ0n) is 21.4. The summed E-state index contributed by atoms with van der Waals surface area (Å²) in [6.45, 7) is 6.84. The van der Waals surface area contributed by atoms with E-state index in [1.807, 2.05) is 45.0 Å². The first-order valence-corrected chi connectivity index (χ1v) is 16.9. The molecule has 2 aromatic carbocycles. The summed E-state index contributed by atoms with van der Waals surface area (Å²) in [5.41, 5.74) is 5.15. The number of thiazole rings is 1. The van der Waals surface area contributed by atoms with Crippen LogP contribution in [-0.4, -0.2) is 44.0 Å². The van der Waals surface area contributed by atoms with Crippen LogP contribution >= 0.6 is 23.1 Å². The summed E-state index contributed by atoms with van der Waals surface area (Å²) in [6.07, 6.45) is 4.61. The Morgan fingerprint density at radius 2 is 1.76 bits per heavy atom. The second kappa shape index (κ2) is 11.5. The molecule has 2 heterocycles. The van der Waals surface area contributed by atoms with Crippen LogP contribution in [-0.2, 0) is 26.8 Å². The second-order valence-corrected chi connectivity index (χ2v) is 14.6. The molecule has 8 nitrogen and oxygen atoms in total. The quantitative estimate of drug-likeness (QED) is 0.261. The van der Waals surface area contributed by atoms with Crippen molar-refractivity contribution in [2.75, 3.05) is 23.0 Å². The highest BCUT2D eigenvalue weighted by Crippen LogP contribution is 2.46. The molecule has 1 N–H and O–H groups in total. The number of fused-ring (bicyclic) bond motifs is 2. The van der Waals surface area contributed by atoms with Crippen molar-refractivity contribution in [2.24, 2.45) is 0 Å². The van der Waals surface area contributed by atoms with E-state index >= 15 is 0 Å². The van der Waals surface area contributed by atoms with Gasteiger partial charge in [-0.2, -0.15) is 13.0 Å². The van der Waals surface area contributed by atoms with Crippen molar-refractivity contribution in [3.63, 3.8) is 0 Å². The molecule has 0 atom stereocenters. The molecule has 0 amide bonds. The highest BCUT2D eigenvalue weighted by atomic mass is 32.2. The van der Waals surface area contributed by atoms with Gasteiger partial charge in [0.25, 0.3) is 15.1 Å². The molecule has 0 aliphatic carbocycles. The van der Waals surface area contributed by atoms with Crippen molar-refractivity contribution in [3.05, 3.63) is 69.2 Å². The summed E-state index contributed by atoms with van der Waals surface area (Å²) in [6, 6.07) is 12.3. The fourth-order valence-electron chi connectivity index (χ4n) is 4.33. The molecule has 0 fully saturated rings. The number of anilines is 1. The maximum absolute atomic E-state index is 11.3. The van der Waals surface area contributed by atoms with Gasteiger partial charge in [0.15, 0.2) is 6.54 Å². The molecule has 1 aliphatic heterocycles. The molecule has 38 heavy (non-hydrogen) atoms. The maximum Gasteiger partial charge on any atom is 0.264 e. The number of aryl methyl sites for hydroxylation is 3. The van der Waals surface area contributed by atoms with Gasteiger partial charge >= 0.3 is 0 Å². The van der Waals surface area contributed by atoms with Gasteiger partial charge in [-0.3, -0.25) is 4.55 Å². The van der Waals surface area contributed by atoms with Crippen molar-refractivity contribution < 1.29 is 30.5 Å². The molecular formula is C26H30N2O6S4. The van der Waals surface area contributed by atoms with Gasteiger partial charge in [-0.25, -0.2) is 8.42 Å². The number of benzene rings is 2. The Morgan fingerprint density at radius 3 is 2.47 bits per heavy atom. The van der Waals surface area contributed by atoms with Gasteiger partial charge in [0, 0.05) is 35.8 Å². The van der Waals surface area contributed by atoms with Crippen LogP contribution in [0.25, 0.3) is 16.3 Å². The SMILES string of the molecule is CC(=Cc1sc2ccc(C)cc2[n+]1CCCS(=O)(=O)[O-])C=C1Sc2ccc(C)cc2N1CCCS(=O)(=O)O. The van der Waals surface area contributed by atoms with Gasteiger partial charge in [-0.15, -0.1) is 0 Å². The number of hydrogen-bond acceptors (Lipinski definition) is 8. The van der Waals surface area contributed by atoms with E-state index in [4.69, 9.17) is 0 Å². The number of allylic oxidation sites excluding steroid dienone is 2.